The lowest BCUT2D eigenvalue weighted by molar-refractivity contribution is -0.163. The molecule has 0 saturated carbocycles. The van der Waals surface area contributed by atoms with Gasteiger partial charge in [0.05, 0.1) is 13.2 Å². The largest absolute Gasteiger partial charge is 0.464 e. The molecule has 2 rings (SSSR count). The highest BCUT2D eigenvalue weighted by Gasteiger charge is 2.54. The van der Waals surface area contributed by atoms with Crippen LogP contribution in [0, 0.1) is 5.92 Å². The van der Waals surface area contributed by atoms with E-state index >= 15 is 0 Å². The Morgan fingerprint density at radius 1 is 1.04 bits per heavy atom. The predicted octanol–water partition coefficient (Wildman–Crippen LogP) is 2.29. The standard InChI is InChI=1S/C20H25NO5/c1-5-25-18(23)20(19(24)26-6-2)12-15(16(21-20)13(3)4)17(22)14-10-8-7-9-11-14/h7-13,16,21H,5-6H2,1-4H3/t16-/m1/s1. The number of nitrogens with one attached hydrogen (secondary N) is 1. The molecule has 0 saturated heterocycles. The van der Waals surface area contributed by atoms with Gasteiger partial charge in [0.15, 0.2) is 5.78 Å². The van der Waals surface area contributed by atoms with Gasteiger partial charge in [0.25, 0.3) is 0 Å². The average molecular weight is 359 g/mol. The number of benzene rings is 1. The molecule has 0 unspecified atom stereocenters. The molecule has 6 nitrogen and oxygen atoms in total. The number of ketones is 1. The van der Waals surface area contributed by atoms with Crippen molar-refractivity contribution in [3.8, 4) is 0 Å². The molecule has 0 radical (unpaired) electrons. The number of esters is 2. The maximum absolute atomic E-state index is 13.0. The zero-order valence-electron chi connectivity index (χ0n) is 15.6. The topological polar surface area (TPSA) is 81.7 Å². The van der Waals surface area contributed by atoms with Gasteiger partial charge < -0.3 is 9.47 Å². The summed E-state index contributed by atoms with van der Waals surface area (Å²) >= 11 is 0. The van der Waals surface area contributed by atoms with Crippen molar-refractivity contribution in [2.24, 2.45) is 5.92 Å². The van der Waals surface area contributed by atoms with Crippen LogP contribution in [-0.4, -0.2) is 42.5 Å². The second kappa shape index (κ2) is 8.27. The summed E-state index contributed by atoms with van der Waals surface area (Å²) < 4.78 is 10.2. The van der Waals surface area contributed by atoms with E-state index in [1.54, 1.807) is 38.1 Å². The van der Waals surface area contributed by atoms with E-state index in [1.807, 2.05) is 19.9 Å². The van der Waals surface area contributed by atoms with Crippen molar-refractivity contribution in [2.45, 2.75) is 39.3 Å². The number of ether oxygens (including phenoxy) is 2. The maximum Gasteiger partial charge on any atom is 0.342 e. The molecule has 0 spiro atoms. The Kier molecular flexibility index (Phi) is 6.32. The van der Waals surface area contributed by atoms with E-state index in [9.17, 15) is 14.4 Å². The molecule has 0 fully saturated rings. The van der Waals surface area contributed by atoms with Gasteiger partial charge in [-0.2, -0.15) is 0 Å². The van der Waals surface area contributed by atoms with Crippen LogP contribution in [-0.2, 0) is 19.1 Å². The van der Waals surface area contributed by atoms with Crippen LogP contribution in [0.5, 0.6) is 0 Å². The second-order valence-corrected chi connectivity index (χ2v) is 6.41. The van der Waals surface area contributed by atoms with Crippen LogP contribution in [0.25, 0.3) is 0 Å². The van der Waals surface area contributed by atoms with E-state index in [-0.39, 0.29) is 24.9 Å². The summed E-state index contributed by atoms with van der Waals surface area (Å²) in [5, 5.41) is 3.01. The Bertz CT molecular complexity index is 690. The summed E-state index contributed by atoms with van der Waals surface area (Å²) in [6, 6.07) is 8.29. The fourth-order valence-electron chi connectivity index (χ4n) is 2.99. The van der Waals surface area contributed by atoms with Crippen LogP contribution >= 0.6 is 0 Å². The van der Waals surface area contributed by atoms with Gasteiger partial charge in [-0.05, 0) is 25.8 Å². The number of Topliss-reactive ketones (excluding diaryl/α,β-unsaturated/α-hetero) is 1. The monoisotopic (exact) mass is 359 g/mol. The highest BCUT2D eigenvalue weighted by atomic mass is 16.6. The smallest absolute Gasteiger partial charge is 0.342 e. The summed E-state index contributed by atoms with van der Waals surface area (Å²) in [5.41, 5.74) is -0.942. The molecular weight excluding hydrogens is 334 g/mol. The molecule has 26 heavy (non-hydrogen) atoms. The summed E-state index contributed by atoms with van der Waals surface area (Å²) in [7, 11) is 0. The Morgan fingerprint density at radius 2 is 1.58 bits per heavy atom. The summed E-state index contributed by atoms with van der Waals surface area (Å²) in [6.45, 7) is 7.37. The molecular formula is C20H25NO5. The maximum atomic E-state index is 13.0. The normalized spacial score (nSPS) is 18.3. The molecule has 0 amide bonds. The van der Waals surface area contributed by atoms with Gasteiger partial charge in [-0.15, -0.1) is 0 Å². The third-order valence-corrected chi connectivity index (χ3v) is 4.25. The fourth-order valence-corrected chi connectivity index (χ4v) is 2.99. The van der Waals surface area contributed by atoms with Crippen LogP contribution in [0.1, 0.15) is 38.1 Å². The van der Waals surface area contributed by atoms with Crippen LogP contribution in [0.2, 0.25) is 0 Å². The third-order valence-electron chi connectivity index (χ3n) is 4.25. The van der Waals surface area contributed by atoms with E-state index < -0.39 is 23.5 Å². The molecule has 1 atom stereocenters. The average Bonchev–Trinajstić information content (AvgIpc) is 3.05. The Labute approximate surface area is 153 Å². The third kappa shape index (κ3) is 3.70. The lowest BCUT2D eigenvalue weighted by atomic mass is 9.91. The van der Waals surface area contributed by atoms with Crippen molar-refractivity contribution >= 4 is 17.7 Å². The van der Waals surface area contributed by atoms with Gasteiger partial charge in [0.2, 0.25) is 5.54 Å². The lowest BCUT2D eigenvalue weighted by Gasteiger charge is -2.27. The van der Waals surface area contributed by atoms with Gasteiger partial charge in [0, 0.05) is 17.2 Å². The Balaban J connectivity index is 2.53. The molecule has 140 valence electrons. The molecule has 1 aliphatic heterocycles. The first-order valence-electron chi connectivity index (χ1n) is 8.82. The van der Waals surface area contributed by atoms with Gasteiger partial charge in [-0.1, -0.05) is 44.2 Å². The molecule has 1 aromatic rings. The minimum Gasteiger partial charge on any atom is -0.464 e. The van der Waals surface area contributed by atoms with Crippen molar-refractivity contribution in [1.29, 1.82) is 0 Å². The van der Waals surface area contributed by atoms with Crippen molar-refractivity contribution in [2.75, 3.05) is 13.2 Å². The van der Waals surface area contributed by atoms with Crippen molar-refractivity contribution in [1.82, 2.24) is 5.32 Å². The number of carbonyl (C=O) groups excluding carboxylic acids is 3. The molecule has 1 heterocycles. The SMILES string of the molecule is CCOC(=O)C1(C(=O)OCC)C=C(C(=O)c2ccccc2)[C@@H](C(C)C)N1. The zero-order chi connectivity index (χ0) is 19.3. The van der Waals surface area contributed by atoms with Crippen molar-refractivity contribution in [3.63, 3.8) is 0 Å². The van der Waals surface area contributed by atoms with E-state index in [1.165, 1.54) is 6.08 Å². The predicted molar refractivity (Wildman–Crippen MR) is 96.6 cm³/mol. The van der Waals surface area contributed by atoms with E-state index in [0.717, 1.165) is 0 Å². The van der Waals surface area contributed by atoms with Crippen LogP contribution in [0.3, 0.4) is 0 Å². The summed E-state index contributed by atoms with van der Waals surface area (Å²) in [5.74, 6) is -1.79. The number of rotatable bonds is 7. The van der Waals surface area contributed by atoms with Crippen molar-refractivity contribution in [3.05, 3.63) is 47.5 Å². The van der Waals surface area contributed by atoms with Crippen LogP contribution < -0.4 is 5.32 Å². The highest BCUT2D eigenvalue weighted by molar-refractivity contribution is 6.15. The first-order chi connectivity index (χ1) is 12.4. The number of hydrogen-bond acceptors (Lipinski definition) is 6. The Hall–Kier alpha value is -2.47. The first kappa shape index (κ1) is 19.8. The van der Waals surface area contributed by atoms with Gasteiger partial charge in [-0.25, -0.2) is 9.59 Å². The van der Waals surface area contributed by atoms with Gasteiger partial charge in [0.1, 0.15) is 0 Å². The quantitative estimate of drug-likeness (QED) is 0.457. The summed E-state index contributed by atoms with van der Waals surface area (Å²) in [4.78, 5) is 38.2. The minimum atomic E-state index is -1.80. The van der Waals surface area contributed by atoms with E-state index in [2.05, 4.69) is 5.32 Å². The summed E-state index contributed by atoms with van der Waals surface area (Å²) in [6.07, 6.45) is 1.38. The lowest BCUT2D eigenvalue weighted by Crippen LogP contribution is -2.58. The highest BCUT2D eigenvalue weighted by Crippen LogP contribution is 2.31. The fraction of sp³-hybridized carbons (Fsp3) is 0.450. The molecule has 0 aliphatic carbocycles. The number of carbonyl (C=O) groups is 3. The molecule has 1 aromatic carbocycles. The van der Waals surface area contributed by atoms with Gasteiger partial charge >= 0.3 is 11.9 Å². The first-order valence-corrected chi connectivity index (χ1v) is 8.82. The zero-order valence-corrected chi connectivity index (χ0v) is 15.6. The van der Waals surface area contributed by atoms with Crippen LogP contribution in [0.4, 0.5) is 0 Å². The molecule has 1 aliphatic rings. The molecule has 1 N–H and O–H groups in total. The molecule has 6 heteroatoms. The Morgan fingerprint density at radius 3 is 2.04 bits per heavy atom. The van der Waals surface area contributed by atoms with Crippen LogP contribution in [0.15, 0.2) is 42.0 Å². The minimum absolute atomic E-state index is 0.0281. The van der Waals surface area contributed by atoms with Gasteiger partial charge in [-0.3, -0.25) is 10.1 Å². The van der Waals surface area contributed by atoms with E-state index in [0.29, 0.717) is 11.1 Å². The van der Waals surface area contributed by atoms with Crippen molar-refractivity contribution < 1.29 is 23.9 Å². The van der Waals surface area contributed by atoms with E-state index in [4.69, 9.17) is 9.47 Å². The second-order valence-electron chi connectivity index (χ2n) is 6.41. The molecule has 0 bridgehead atoms. The number of hydrogen-bond donors (Lipinski definition) is 1. The molecule has 0 aromatic heterocycles.